The minimum Gasteiger partial charge on any atom is -0.480 e. The van der Waals surface area contributed by atoms with Crippen LogP contribution in [0.4, 0.5) is 0 Å². The summed E-state index contributed by atoms with van der Waals surface area (Å²) in [6, 6.07) is -0.743. The van der Waals surface area contributed by atoms with Gasteiger partial charge in [-0.15, -0.1) is 0 Å². The molecule has 0 saturated heterocycles. The van der Waals surface area contributed by atoms with Crippen LogP contribution in [0.3, 0.4) is 0 Å². The molecule has 1 rings (SSSR count). The second-order valence-electron chi connectivity index (χ2n) is 3.40. The highest BCUT2D eigenvalue weighted by Gasteiger charge is 2.10. The predicted molar refractivity (Wildman–Crippen MR) is 62.2 cm³/mol. The lowest BCUT2D eigenvalue weighted by Gasteiger charge is -2.13. The molecule has 0 aliphatic carbocycles. The van der Waals surface area contributed by atoms with Gasteiger partial charge in [-0.1, -0.05) is 11.8 Å². The summed E-state index contributed by atoms with van der Waals surface area (Å²) in [5, 5.41) is 12.7. The smallest absolute Gasteiger partial charge is 0.320 e. The maximum atomic E-state index is 10.4. The standard InChI is InChI=1S/C9H17N3O2S/c10-7(8(13)14)3-1-4-11-9-12-5-2-6-15-9/h7H,1-6,10H2,(H,11,12)(H,13,14). The van der Waals surface area contributed by atoms with Gasteiger partial charge in [0.05, 0.1) is 0 Å². The van der Waals surface area contributed by atoms with E-state index in [1.165, 1.54) is 0 Å². The van der Waals surface area contributed by atoms with E-state index in [2.05, 4.69) is 10.3 Å². The van der Waals surface area contributed by atoms with Crippen molar-refractivity contribution in [1.29, 1.82) is 0 Å². The fourth-order valence-electron chi connectivity index (χ4n) is 1.21. The number of aliphatic carboxylic acids is 1. The zero-order valence-corrected chi connectivity index (χ0v) is 9.42. The van der Waals surface area contributed by atoms with E-state index in [4.69, 9.17) is 10.8 Å². The maximum absolute atomic E-state index is 10.4. The molecule has 0 saturated carbocycles. The summed E-state index contributed by atoms with van der Waals surface area (Å²) in [4.78, 5) is 14.7. The monoisotopic (exact) mass is 231 g/mol. The van der Waals surface area contributed by atoms with Crippen molar-refractivity contribution in [1.82, 2.24) is 5.32 Å². The zero-order valence-electron chi connectivity index (χ0n) is 8.61. The topological polar surface area (TPSA) is 87.7 Å². The van der Waals surface area contributed by atoms with Crippen molar-refractivity contribution in [3.8, 4) is 0 Å². The summed E-state index contributed by atoms with van der Waals surface area (Å²) < 4.78 is 0. The lowest BCUT2D eigenvalue weighted by atomic mass is 10.2. The summed E-state index contributed by atoms with van der Waals surface area (Å²) in [5.74, 6) is 0.180. The number of rotatable bonds is 5. The summed E-state index contributed by atoms with van der Waals surface area (Å²) in [5.41, 5.74) is 5.37. The van der Waals surface area contributed by atoms with E-state index in [9.17, 15) is 4.79 Å². The van der Waals surface area contributed by atoms with Crippen LogP contribution < -0.4 is 11.1 Å². The number of carboxylic acid groups (broad SMARTS) is 1. The molecule has 1 unspecified atom stereocenters. The molecule has 1 atom stereocenters. The number of amidine groups is 1. The number of carbonyl (C=O) groups is 1. The van der Waals surface area contributed by atoms with Crippen molar-refractivity contribution in [2.75, 3.05) is 18.8 Å². The number of thioether (sulfide) groups is 1. The second-order valence-corrected chi connectivity index (χ2v) is 4.49. The van der Waals surface area contributed by atoms with Crippen LogP contribution in [-0.4, -0.2) is 41.1 Å². The number of hydrogen-bond acceptors (Lipinski definition) is 5. The third-order valence-corrected chi connectivity index (χ3v) is 3.12. The molecule has 15 heavy (non-hydrogen) atoms. The van der Waals surface area contributed by atoms with Crippen LogP contribution in [0.25, 0.3) is 0 Å². The highest BCUT2D eigenvalue weighted by Crippen LogP contribution is 2.09. The minimum atomic E-state index is -0.931. The summed E-state index contributed by atoms with van der Waals surface area (Å²) in [6.07, 6.45) is 2.40. The lowest BCUT2D eigenvalue weighted by Crippen LogP contribution is -2.32. The fraction of sp³-hybridized carbons (Fsp3) is 0.778. The number of hydrogen-bond donors (Lipinski definition) is 3. The van der Waals surface area contributed by atoms with Crippen molar-refractivity contribution >= 4 is 22.9 Å². The molecular weight excluding hydrogens is 214 g/mol. The Labute approximate surface area is 93.5 Å². The number of nitrogens with zero attached hydrogens (tertiary/aromatic N) is 1. The summed E-state index contributed by atoms with van der Waals surface area (Å²) in [7, 11) is 0. The van der Waals surface area contributed by atoms with Gasteiger partial charge < -0.3 is 16.2 Å². The molecule has 0 aromatic carbocycles. The average Bonchev–Trinajstić information content (AvgIpc) is 2.25. The number of nitrogens with two attached hydrogens (primary N) is 1. The molecule has 0 fully saturated rings. The van der Waals surface area contributed by atoms with Gasteiger partial charge in [-0.25, -0.2) is 0 Å². The molecule has 6 heteroatoms. The molecule has 0 bridgehead atoms. The van der Waals surface area contributed by atoms with Gasteiger partial charge in [-0.3, -0.25) is 9.79 Å². The van der Waals surface area contributed by atoms with Crippen LogP contribution in [0.5, 0.6) is 0 Å². The van der Waals surface area contributed by atoms with E-state index in [1.54, 1.807) is 11.8 Å². The Bertz CT molecular complexity index is 246. The fourth-order valence-corrected chi connectivity index (χ4v) is 2.06. The van der Waals surface area contributed by atoms with E-state index in [0.29, 0.717) is 6.42 Å². The molecule has 5 nitrogen and oxygen atoms in total. The van der Waals surface area contributed by atoms with Gasteiger partial charge in [-0.2, -0.15) is 0 Å². The Balaban J connectivity index is 2.06. The lowest BCUT2D eigenvalue weighted by molar-refractivity contribution is -0.138. The zero-order chi connectivity index (χ0) is 11.1. The van der Waals surface area contributed by atoms with Crippen molar-refractivity contribution in [2.45, 2.75) is 25.3 Å². The molecule has 1 aliphatic rings. The van der Waals surface area contributed by atoms with E-state index in [1.807, 2.05) is 0 Å². The van der Waals surface area contributed by atoms with E-state index in [0.717, 1.165) is 36.9 Å². The number of carboxylic acids is 1. The Morgan fingerprint density at radius 1 is 1.73 bits per heavy atom. The van der Waals surface area contributed by atoms with E-state index in [-0.39, 0.29) is 0 Å². The number of nitrogens with one attached hydrogen (secondary N) is 1. The van der Waals surface area contributed by atoms with Crippen LogP contribution >= 0.6 is 11.8 Å². The van der Waals surface area contributed by atoms with Gasteiger partial charge in [0.2, 0.25) is 0 Å². The van der Waals surface area contributed by atoms with Crippen molar-refractivity contribution < 1.29 is 9.90 Å². The average molecular weight is 231 g/mol. The molecule has 0 aromatic rings. The molecule has 86 valence electrons. The molecule has 1 heterocycles. The van der Waals surface area contributed by atoms with Crippen LogP contribution in [-0.2, 0) is 4.79 Å². The Morgan fingerprint density at radius 3 is 3.13 bits per heavy atom. The quantitative estimate of drug-likeness (QED) is 0.591. The van der Waals surface area contributed by atoms with E-state index >= 15 is 0 Å². The molecular formula is C9H17N3O2S. The highest BCUT2D eigenvalue weighted by atomic mass is 32.2. The highest BCUT2D eigenvalue weighted by molar-refractivity contribution is 8.13. The van der Waals surface area contributed by atoms with E-state index < -0.39 is 12.0 Å². The first-order valence-electron chi connectivity index (χ1n) is 5.09. The molecule has 0 spiro atoms. The van der Waals surface area contributed by atoms with Crippen molar-refractivity contribution in [3.63, 3.8) is 0 Å². The minimum absolute atomic E-state index is 0.500. The SMILES string of the molecule is NC(CCCNC1=NCCCS1)C(=O)O. The van der Waals surface area contributed by atoms with Gasteiger partial charge in [0.25, 0.3) is 0 Å². The Morgan fingerprint density at radius 2 is 2.53 bits per heavy atom. The first-order valence-corrected chi connectivity index (χ1v) is 6.08. The first kappa shape index (κ1) is 12.3. The Kier molecular flexibility index (Phi) is 5.49. The van der Waals surface area contributed by atoms with Gasteiger partial charge in [0.1, 0.15) is 6.04 Å². The third-order valence-electron chi connectivity index (χ3n) is 2.08. The van der Waals surface area contributed by atoms with Crippen LogP contribution in [0, 0.1) is 0 Å². The largest absolute Gasteiger partial charge is 0.480 e. The van der Waals surface area contributed by atoms with Crippen LogP contribution in [0.2, 0.25) is 0 Å². The predicted octanol–water partition coefficient (Wildman–Crippen LogP) is 0.261. The molecule has 4 N–H and O–H groups in total. The Hall–Kier alpha value is -0.750. The second kappa shape index (κ2) is 6.68. The molecule has 0 radical (unpaired) electrons. The molecule has 0 aromatic heterocycles. The van der Waals surface area contributed by atoms with Crippen LogP contribution in [0.1, 0.15) is 19.3 Å². The number of aliphatic imine (C=N–C) groups is 1. The van der Waals surface area contributed by atoms with Crippen molar-refractivity contribution in [2.24, 2.45) is 10.7 Å². The van der Waals surface area contributed by atoms with Crippen LogP contribution in [0.15, 0.2) is 4.99 Å². The normalized spacial score (nSPS) is 18.1. The summed E-state index contributed by atoms with van der Waals surface area (Å²) in [6.45, 7) is 1.64. The third kappa shape index (κ3) is 5.03. The summed E-state index contributed by atoms with van der Waals surface area (Å²) >= 11 is 1.72. The first-order chi connectivity index (χ1) is 7.20. The van der Waals surface area contributed by atoms with Gasteiger partial charge in [0.15, 0.2) is 5.17 Å². The van der Waals surface area contributed by atoms with Gasteiger partial charge in [-0.05, 0) is 19.3 Å². The maximum Gasteiger partial charge on any atom is 0.320 e. The van der Waals surface area contributed by atoms with Gasteiger partial charge in [0, 0.05) is 18.8 Å². The van der Waals surface area contributed by atoms with Crippen molar-refractivity contribution in [3.05, 3.63) is 0 Å². The molecule has 0 amide bonds. The van der Waals surface area contributed by atoms with Gasteiger partial charge >= 0.3 is 5.97 Å². The molecule has 1 aliphatic heterocycles.